The van der Waals surface area contributed by atoms with Crippen LogP contribution in [0.2, 0.25) is 0 Å². The molecule has 26 heavy (non-hydrogen) atoms. The minimum Gasteiger partial charge on any atom is -0.493 e. The first-order valence-electron chi connectivity index (χ1n) is 8.69. The fourth-order valence-electron chi connectivity index (χ4n) is 2.34. The summed E-state index contributed by atoms with van der Waals surface area (Å²) < 4.78 is 10.8. The molecule has 0 aliphatic carbocycles. The first kappa shape index (κ1) is 21.3. The average Bonchev–Trinajstić information content (AvgIpc) is 2.62. The third kappa shape index (κ3) is 7.01. The summed E-state index contributed by atoms with van der Waals surface area (Å²) in [7, 11) is 1.51. The van der Waals surface area contributed by atoms with Gasteiger partial charge in [0.2, 0.25) is 11.8 Å². The third-order valence-corrected chi connectivity index (χ3v) is 3.60. The van der Waals surface area contributed by atoms with Crippen molar-refractivity contribution in [2.45, 2.75) is 39.7 Å². The first-order chi connectivity index (χ1) is 12.4. The molecule has 0 saturated heterocycles. The molecule has 0 bridgehead atoms. The van der Waals surface area contributed by atoms with Crippen LogP contribution in [0.15, 0.2) is 18.2 Å². The maximum Gasteiger partial charge on any atom is 0.239 e. The Bertz CT molecular complexity index is 653. The summed E-state index contributed by atoms with van der Waals surface area (Å²) in [6.07, 6.45) is 0.811. The SMILES string of the molecule is CCN(CC(=O)NC(C)C)C(=O)CCCOc1ccc(C#N)cc1OC. The lowest BCUT2D eigenvalue weighted by molar-refractivity contribution is -0.136. The first-order valence-corrected chi connectivity index (χ1v) is 8.69. The molecule has 0 saturated carbocycles. The number of hydrogen-bond donors (Lipinski definition) is 1. The Balaban J connectivity index is 2.45. The Morgan fingerprint density at radius 2 is 2.04 bits per heavy atom. The van der Waals surface area contributed by atoms with Gasteiger partial charge in [-0.2, -0.15) is 5.26 Å². The lowest BCUT2D eigenvalue weighted by Gasteiger charge is -2.21. The van der Waals surface area contributed by atoms with Crippen LogP contribution in [0.25, 0.3) is 0 Å². The highest BCUT2D eigenvalue weighted by Gasteiger charge is 2.16. The molecular formula is C19H27N3O4. The molecule has 2 amide bonds. The van der Waals surface area contributed by atoms with E-state index >= 15 is 0 Å². The van der Waals surface area contributed by atoms with E-state index in [9.17, 15) is 9.59 Å². The Labute approximate surface area is 154 Å². The smallest absolute Gasteiger partial charge is 0.239 e. The van der Waals surface area contributed by atoms with E-state index in [2.05, 4.69) is 5.32 Å². The zero-order valence-corrected chi connectivity index (χ0v) is 15.9. The van der Waals surface area contributed by atoms with Crippen LogP contribution in [0.4, 0.5) is 0 Å². The second-order valence-corrected chi connectivity index (χ2v) is 6.06. The second-order valence-electron chi connectivity index (χ2n) is 6.06. The van der Waals surface area contributed by atoms with Crippen LogP contribution in [-0.2, 0) is 9.59 Å². The second kappa shape index (κ2) is 11.0. The molecule has 0 radical (unpaired) electrons. The molecule has 142 valence electrons. The van der Waals surface area contributed by atoms with Gasteiger partial charge in [-0.1, -0.05) is 0 Å². The van der Waals surface area contributed by atoms with Gasteiger partial charge in [-0.3, -0.25) is 9.59 Å². The maximum absolute atomic E-state index is 12.2. The quantitative estimate of drug-likeness (QED) is 0.644. The van der Waals surface area contributed by atoms with Crippen LogP contribution in [0.3, 0.4) is 0 Å². The van der Waals surface area contributed by atoms with E-state index in [-0.39, 0.29) is 24.4 Å². The van der Waals surface area contributed by atoms with Crippen molar-refractivity contribution >= 4 is 11.8 Å². The molecule has 0 unspecified atom stereocenters. The molecule has 0 atom stereocenters. The van der Waals surface area contributed by atoms with Crippen LogP contribution >= 0.6 is 0 Å². The lowest BCUT2D eigenvalue weighted by Crippen LogP contribution is -2.42. The number of ether oxygens (including phenoxy) is 2. The molecule has 0 spiro atoms. The van der Waals surface area contributed by atoms with Crippen molar-refractivity contribution in [3.05, 3.63) is 23.8 Å². The topological polar surface area (TPSA) is 91.7 Å². The summed E-state index contributed by atoms with van der Waals surface area (Å²) in [6, 6.07) is 7.01. The average molecular weight is 361 g/mol. The van der Waals surface area contributed by atoms with Crippen molar-refractivity contribution in [2.24, 2.45) is 0 Å². The molecule has 0 aromatic heterocycles. The number of hydrogen-bond acceptors (Lipinski definition) is 5. The Morgan fingerprint density at radius 1 is 1.31 bits per heavy atom. The summed E-state index contributed by atoms with van der Waals surface area (Å²) >= 11 is 0. The molecule has 1 aromatic rings. The molecule has 0 aliphatic rings. The van der Waals surface area contributed by atoms with E-state index in [1.807, 2.05) is 26.8 Å². The number of carbonyl (C=O) groups is 2. The highest BCUT2D eigenvalue weighted by atomic mass is 16.5. The highest BCUT2D eigenvalue weighted by Crippen LogP contribution is 2.27. The van der Waals surface area contributed by atoms with Gasteiger partial charge < -0.3 is 19.7 Å². The molecule has 1 aromatic carbocycles. The summed E-state index contributed by atoms with van der Waals surface area (Å²) in [6.45, 7) is 6.49. The summed E-state index contributed by atoms with van der Waals surface area (Å²) in [5, 5.41) is 11.7. The van der Waals surface area contributed by atoms with Crippen LogP contribution < -0.4 is 14.8 Å². The number of carbonyl (C=O) groups excluding carboxylic acids is 2. The molecule has 7 heteroatoms. The van der Waals surface area contributed by atoms with Gasteiger partial charge in [0.25, 0.3) is 0 Å². The number of nitriles is 1. The number of rotatable bonds is 10. The Kier molecular flexibility index (Phi) is 8.99. The van der Waals surface area contributed by atoms with Crippen molar-refractivity contribution in [1.82, 2.24) is 10.2 Å². The normalized spacial score (nSPS) is 10.2. The van der Waals surface area contributed by atoms with Gasteiger partial charge in [-0.05, 0) is 39.3 Å². The standard InChI is InChI=1S/C19H27N3O4/c1-5-22(13-18(23)21-14(2)3)19(24)7-6-10-26-16-9-8-15(12-20)11-17(16)25-4/h8-9,11,14H,5-7,10,13H2,1-4H3,(H,21,23). The van der Waals surface area contributed by atoms with Crippen molar-refractivity contribution < 1.29 is 19.1 Å². The number of benzene rings is 1. The van der Waals surface area contributed by atoms with Gasteiger partial charge >= 0.3 is 0 Å². The summed E-state index contributed by atoms with van der Waals surface area (Å²) in [5.41, 5.74) is 0.489. The zero-order chi connectivity index (χ0) is 19.5. The van der Waals surface area contributed by atoms with Gasteiger partial charge in [0.15, 0.2) is 11.5 Å². The Hall–Kier alpha value is -2.75. The van der Waals surface area contributed by atoms with Crippen LogP contribution in [-0.4, -0.2) is 49.6 Å². The van der Waals surface area contributed by atoms with Crippen molar-refractivity contribution in [2.75, 3.05) is 26.8 Å². The lowest BCUT2D eigenvalue weighted by atomic mass is 10.2. The predicted molar refractivity (Wildman–Crippen MR) is 98.0 cm³/mol. The number of methoxy groups -OCH3 is 1. The summed E-state index contributed by atoms with van der Waals surface area (Å²) in [5.74, 6) is 0.772. The van der Waals surface area contributed by atoms with Crippen molar-refractivity contribution in [3.63, 3.8) is 0 Å². The summed E-state index contributed by atoms with van der Waals surface area (Å²) in [4.78, 5) is 25.6. The van der Waals surface area contributed by atoms with Gasteiger partial charge in [0.05, 0.1) is 31.9 Å². The third-order valence-electron chi connectivity index (χ3n) is 3.60. The van der Waals surface area contributed by atoms with E-state index in [0.717, 1.165) is 0 Å². The minimum absolute atomic E-state index is 0.0483. The van der Waals surface area contributed by atoms with Gasteiger partial charge in [0, 0.05) is 25.1 Å². The predicted octanol–water partition coefficient (Wildman–Crippen LogP) is 2.10. The van der Waals surface area contributed by atoms with E-state index in [4.69, 9.17) is 14.7 Å². The monoisotopic (exact) mass is 361 g/mol. The van der Waals surface area contributed by atoms with Crippen LogP contribution in [0.1, 0.15) is 39.2 Å². The Morgan fingerprint density at radius 3 is 2.62 bits per heavy atom. The fourth-order valence-corrected chi connectivity index (χ4v) is 2.34. The van der Waals surface area contributed by atoms with E-state index in [0.29, 0.717) is 43.1 Å². The number of likely N-dealkylation sites (N-methyl/N-ethyl adjacent to an activating group) is 1. The van der Waals surface area contributed by atoms with Crippen molar-refractivity contribution in [3.8, 4) is 17.6 Å². The van der Waals surface area contributed by atoms with E-state index in [1.165, 1.54) is 12.0 Å². The minimum atomic E-state index is -0.159. The highest BCUT2D eigenvalue weighted by molar-refractivity contribution is 5.84. The molecule has 0 fully saturated rings. The number of amides is 2. The number of nitrogens with zero attached hydrogens (tertiary/aromatic N) is 2. The fraction of sp³-hybridized carbons (Fsp3) is 0.526. The van der Waals surface area contributed by atoms with E-state index < -0.39 is 0 Å². The van der Waals surface area contributed by atoms with Crippen LogP contribution in [0, 0.1) is 11.3 Å². The zero-order valence-electron chi connectivity index (χ0n) is 15.9. The molecule has 0 heterocycles. The van der Waals surface area contributed by atoms with Gasteiger partial charge in [0.1, 0.15) is 0 Å². The largest absolute Gasteiger partial charge is 0.493 e. The maximum atomic E-state index is 12.2. The van der Waals surface area contributed by atoms with Gasteiger partial charge in [-0.25, -0.2) is 0 Å². The number of nitrogens with one attached hydrogen (secondary N) is 1. The molecule has 1 rings (SSSR count). The molecule has 7 nitrogen and oxygen atoms in total. The molecule has 1 N–H and O–H groups in total. The van der Waals surface area contributed by atoms with Gasteiger partial charge in [-0.15, -0.1) is 0 Å². The van der Waals surface area contributed by atoms with Crippen LogP contribution in [0.5, 0.6) is 11.5 Å². The van der Waals surface area contributed by atoms with E-state index in [1.54, 1.807) is 18.2 Å². The van der Waals surface area contributed by atoms with Crippen molar-refractivity contribution in [1.29, 1.82) is 5.26 Å². The molecule has 0 aliphatic heterocycles. The molecular weight excluding hydrogens is 334 g/mol.